The maximum absolute atomic E-state index is 12.4. The zero-order valence-corrected chi connectivity index (χ0v) is 13.1. The van der Waals surface area contributed by atoms with E-state index in [-0.39, 0.29) is 11.8 Å². The minimum atomic E-state index is 0.159. The van der Waals surface area contributed by atoms with Gasteiger partial charge in [-0.3, -0.25) is 9.69 Å². The molecule has 20 heavy (non-hydrogen) atoms. The van der Waals surface area contributed by atoms with E-state index in [4.69, 9.17) is 5.73 Å². The summed E-state index contributed by atoms with van der Waals surface area (Å²) in [6.45, 7) is 8.34. The van der Waals surface area contributed by atoms with E-state index in [1.165, 1.54) is 25.9 Å². The number of amides is 1. The molecule has 1 amide bonds. The average Bonchev–Trinajstić information content (AvgIpc) is 3.09. The van der Waals surface area contributed by atoms with Gasteiger partial charge < -0.3 is 11.1 Å². The lowest BCUT2D eigenvalue weighted by Crippen LogP contribution is -2.47. The van der Waals surface area contributed by atoms with Crippen molar-refractivity contribution in [3.63, 3.8) is 0 Å². The molecule has 1 aliphatic carbocycles. The van der Waals surface area contributed by atoms with Crippen LogP contribution in [0.2, 0.25) is 0 Å². The number of rotatable bonds is 6. The Kier molecular flexibility index (Phi) is 5.85. The second-order valence-corrected chi connectivity index (χ2v) is 6.83. The van der Waals surface area contributed by atoms with Crippen LogP contribution in [0.5, 0.6) is 0 Å². The minimum absolute atomic E-state index is 0.159. The normalized spacial score (nSPS) is 29.0. The molecule has 0 bridgehead atoms. The highest BCUT2D eigenvalue weighted by Gasteiger charge is 2.33. The summed E-state index contributed by atoms with van der Waals surface area (Å²) in [7, 11) is 0. The summed E-state index contributed by atoms with van der Waals surface area (Å²) in [4.78, 5) is 14.9. The van der Waals surface area contributed by atoms with Gasteiger partial charge in [-0.2, -0.15) is 0 Å². The summed E-state index contributed by atoms with van der Waals surface area (Å²) in [5, 5.41) is 3.21. The number of hydrogen-bond donors (Lipinski definition) is 2. The second kappa shape index (κ2) is 7.41. The van der Waals surface area contributed by atoms with Crippen molar-refractivity contribution in [2.24, 2.45) is 23.5 Å². The topological polar surface area (TPSA) is 58.4 Å². The molecule has 1 aliphatic heterocycles. The highest BCUT2D eigenvalue weighted by atomic mass is 16.1. The molecule has 2 fully saturated rings. The zero-order valence-electron chi connectivity index (χ0n) is 13.1. The first-order chi connectivity index (χ1) is 9.63. The molecule has 4 heteroatoms. The Hall–Kier alpha value is -0.610. The molecular formula is C16H31N3O. The van der Waals surface area contributed by atoms with E-state index >= 15 is 0 Å². The molecule has 0 aromatic carbocycles. The van der Waals surface area contributed by atoms with Gasteiger partial charge in [0.2, 0.25) is 5.91 Å². The maximum Gasteiger partial charge on any atom is 0.223 e. The molecule has 1 heterocycles. The monoisotopic (exact) mass is 281 g/mol. The van der Waals surface area contributed by atoms with Gasteiger partial charge >= 0.3 is 0 Å². The van der Waals surface area contributed by atoms with Crippen LogP contribution < -0.4 is 11.1 Å². The number of nitrogens with zero attached hydrogens (tertiary/aromatic N) is 1. The van der Waals surface area contributed by atoms with Crippen LogP contribution in [-0.2, 0) is 4.79 Å². The molecule has 1 saturated heterocycles. The fourth-order valence-electron chi connectivity index (χ4n) is 3.86. The summed E-state index contributed by atoms with van der Waals surface area (Å²) in [5.41, 5.74) is 5.78. The first kappa shape index (κ1) is 15.8. The van der Waals surface area contributed by atoms with Crippen molar-refractivity contribution in [3.05, 3.63) is 0 Å². The van der Waals surface area contributed by atoms with E-state index in [9.17, 15) is 4.79 Å². The van der Waals surface area contributed by atoms with Gasteiger partial charge in [-0.15, -0.1) is 0 Å². The highest BCUT2D eigenvalue weighted by Crippen LogP contribution is 2.31. The van der Waals surface area contributed by atoms with Crippen molar-refractivity contribution in [3.8, 4) is 0 Å². The summed E-state index contributed by atoms with van der Waals surface area (Å²) in [5.74, 6) is 1.38. The van der Waals surface area contributed by atoms with Crippen molar-refractivity contribution in [1.29, 1.82) is 0 Å². The number of hydrogen-bond acceptors (Lipinski definition) is 3. The molecule has 0 aromatic rings. The minimum Gasteiger partial charge on any atom is -0.354 e. The second-order valence-electron chi connectivity index (χ2n) is 6.83. The van der Waals surface area contributed by atoms with Gasteiger partial charge in [0.15, 0.2) is 0 Å². The van der Waals surface area contributed by atoms with Gasteiger partial charge in [0.25, 0.3) is 0 Å². The molecule has 0 aromatic heterocycles. The van der Waals surface area contributed by atoms with Gasteiger partial charge in [-0.05, 0) is 57.2 Å². The Balaban J connectivity index is 1.84. The van der Waals surface area contributed by atoms with Gasteiger partial charge in [-0.1, -0.05) is 20.3 Å². The quantitative estimate of drug-likeness (QED) is 0.777. The van der Waals surface area contributed by atoms with Crippen LogP contribution in [0.25, 0.3) is 0 Å². The van der Waals surface area contributed by atoms with Gasteiger partial charge in [0, 0.05) is 18.5 Å². The van der Waals surface area contributed by atoms with Crippen LogP contribution in [0.15, 0.2) is 0 Å². The predicted molar refractivity (Wildman–Crippen MR) is 82.3 cm³/mol. The van der Waals surface area contributed by atoms with Crippen molar-refractivity contribution in [1.82, 2.24) is 10.2 Å². The van der Waals surface area contributed by atoms with Crippen molar-refractivity contribution in [2.45, 2.75) is 52.0 Å². The van der Waals surface area contributed by atoms with Crippen LogP contribution >= 0.6 is 0 Å². The molecule has 3 unspecified atom stereocenters. The smallest absolute Gasteiger partial charge is 0.223 e. The van der Waals surface area contributed by atoms with E-state index in [0.29, 0.717) is 24.4 Å². The standard InChI is InChI=1S/C16H31N3O/c1-12(2)15(19-8-3-4-9-19)11-18-16(20)14-7-5-6-13(14)10-17/h12-15H,3-11,17H2,1-2H3,(H,18,20). The third-order valence-corrected chi connectivity index (χ3v) is 5.16. The Morgan fingerprint density at radius 3 is 2.55 bits per heavy atom. The number of nitrogens with two attached hydrogens (primary N) is 1. The predicted octanol–water partition coefficient (Wildman–Crippen LogP) is 1.60. The Morgan fingerprint density at radius 1 is 1.25 bits per heavy atom. The van der Waals surface area contributed by atoms with Gasteiger partial charge in [0.1, 0.15) is 0 Å². The van der Waals surface area contributed by atoms with Crippen LogP contribution in [0, 0.1) is 17.8 Å². The lowest BCUT2D eigenvalue weighted by atomic mass is 9.95. The van der Waals surface area contributed by atoms with Crippen molar-refractivity contribution in [2.75, 3.05) is 26.2 Å². The maximum atomic E-state index is 12.4. The first-order valence-electron chi connectivity index (χ1n) is 8.35. The first-order valence-corrected chi connectivity index (χ1v) is 8.35. The molecule has 1 saturated carbocycles. The number of likely N-dealkylation sites (tertiary alicyclic amines) is 1. The van der Waals surface area contributed by atoms with Crippen LogP contribution in [0.3, 0.4) is 0 Å². The summed E-state index contributed by atoms with van der Waals surface area (Å²) in [6, 6.07) is 0.485. The third kappa shape index (κ3) is 3.73. The lowest BCUT2D eigenvalue weighted by molar-refractivity contribution is -0.126. The fourth-order valence-corrected chi connectivity index (χ4v) is 3.86. The lowest BCUT2D eigenvalue weighted by Gasteiger charge is -2.31. The molecular weight excluding hydrogens is 250 g/mol. The summed E-state index contributed by atoms with van der Waals surface area (Å²) in [6.07, 6.45) is 5.89. The third-order valence-electron chi connectivity index (χ3n) is 5.16. The van der Waals surface area contributed by atoms with E-state index in [2.05, 4.69) is 24.1 Å². The molecule has 0 spiro atoms. The van der Waals surface area contributed by atoms with Crippen molar-refractivity contribution < 1.29 is 4.79 Å². The number of carbonyl (C=O) groups is 1. The molecule has 3 N–H and O–H groups in total. The Morgan fingerprint density at radius 2 is 1.95 bits per heavy atom. The van der Waals surface area contributed by atoms with Crippen LogP contribution in [0.4, 0.5) is 0 Å². The van der Waals surface area contributed by atoms with Gasteiger partial charge in [-0.25, -0.2) is 0 Å². The van der Waals surface area contributed by atoms with E-state index in [0.717, 1.165) is 25.8 Å². The van der Waals surface area contributed by atoms with Crippen LogP contribution in [0.1, 0.15) is 46.0 Å². The van der Waals surface area contributed by atoms with E-state index < -0.39 is 0 Å². The molecule has 3 atom stereocenters. The fraction of sp³-hybridized carbons (Fsp3) is 0.938. The molecule has 4 nitrogen and oxygen atoms in total. The zero-order chi connectivity index (χ0) is 14.5. The highest BCUT2D eigenvalue weighted by molar-refractivity contribution is 5.79. The molecule has 2 rings (SSSR count). The van der Waals surface area contributed by atoms with Crippen molar-refractivity contribution >= 4 is 5.91 Å². The van der Waals surface area contributed by atoms with Gasteiger partial charge in [0.05, 0.1) is 0 Å². The SMILES string of the molecule is CC(C)C(CNC(=O)C1CCCC1CN)N1CCCC1. The average molecular weight is 281 g/mol. The van der Waals surface area contributed by atoms with E-state index in [1.807, 2.05) is 0 Å². The molecule has 116 valence electrons. The summed E-state index contributed by atoms with van der Waals surface area (Å²) < 4.78 is 0. The Labute approximate surface area is 123 Å². The molecule has 2 aliphatic rings. The number of nitrogens with one attached hydrogen (secondary N) is 1. The largest absolute Gasteiger partial charge is 0.354 e. The summed E-state index contributed by atoms with van der Waals surface area (Å²) >= 11 is 0. The number of carbonyl (C=O) groups excluding carboxylic acids is 1. The molecule has 0 radical (unpaired) electrons. The van der Waals surface area contributed by atoms with E-state index in [1.54, 1.807) is 0 Å². The van der Waals surface area contributed by atoms with Crippen LogP contribution in [-0.4, -0.2) is 43.0 Å². The Bertz CT molecular complexity index is 313.